The summed E-state index contributed by atoms with van der Waals surface area (Å²) >= 11 is 7.31. The third-order valence-corrected chi connectivity index (χ3v) is 5.20. The lowest BCUT2D eigenvalue weighted by molar-refractivity contribution is -0.113. The molecule has 0 unspecified atom stereocenters. The zero-order chi connectivity index (χ0) is 19.9. The SMILES string of the molecule is COc1ccc(NC(=O)CSc2nccn2Cc2ccc(Cl)cc2)cc1OC. The summed E-state index contributed by atoms with van der Waals surface area (Å²) in [6.07, 6.45) is 3.62. The smallest absolute Gasteiger partial charge is 0.234 e. The number of aromatic nitrogens is 2. The third-order valence-electron chi connectivity index (χ3n) is 3.94. The molecule has 0 atom stereocenters. The van der Waals surface area contributed by atoms with Crippen LogP contribution in [0.3, 0.4) is 0 Å². The molecule has 6 nitrogen and oxygen atoms in total. The van der Waals surface area contributed by atoms with E-state index in [-0.39, 0.29) is 11.7 Å². The van der Waals surface area contributed by atoms with Crippen LogP contribution < -0.4 is 14.8 Å². The first-order valence-corrected chi connectivity index (χ1v) is 9.85. The number of nitrogens with one attached hydrogen (secondary N) is 1. The minimum absolute atomic E-state index is 0.127. The van der Waals surface area contributed by atoms with Crippen LogP contribution in [0.4, 0.5) is 5.69 Å². The summed E-state index contributed by atoms with van der Waals surface area (Å²) in [5, 5.41) is 4.34. The highest BCUT2D eigenvalue weighted by atomic mass is 35.5. The molecule has 0 saturated heterocycles. The molecule has 0 bridgehead atoms. The molecule has 2 aromatic carbocycles. The van der Waals surface area contributed by atoms with E-state index in [1.165, 1.54) is 11.8 Å². The quantitative estimate of drug-likeness (QED) is 0.552. The van der Waals surface area contributed by atoms with Crippen molar-refractivity contribution in [3.63, 3.8) is 0 Å². The number of anilines is 1. The highest BCUT2D eigenvalue weighted by Gasteiger charge is 2.10. The van der Waals surface area contributed by atoms with Crippen molar-refractivity contribution in [1.29, 1.82) is 0 Å². The number of hydrogen-bond acceptors (Lipinski definition) is 5. The second-order valence-electron chi connectivity index (χ2n) is 5.87. The Morgan fingerprint density at radius 2 is 1.89 bits per heavy atom. The molecule has 0 radical (unpaired) electrons. The Kier molecular flexibility index (Phi) is 6.84. The summed E-state index contributed by atoms with van der Waals surface area (Å²) in [7, 11) is 3.12. The molecule has 0 saturated carbocycles. The fourth-order valence-electron chi connectivity index (χ4n) is 2.58. The number of carbonyl (C=O) groups is 1. The number of carbonyl (C=O) groups excluding carboxylic acids is 1. The number of rotatable bonds is 8. The highest BCUT2D eigenvalue weighted by Crippen LogP contribution is 2.30. The maximum Gasteiger partial charge on any atom is 0.234 e. The molecule has 1 aromatic heterocycles. The van der Waals surface area contributed by atoms with Crippen LogP contribution in [-0.4, -0.2) is 35.4 Å². The Morgan fingerprint density at radius 3 is 2.61 bits per heavy atom. The van der Waals surface area contributed by atoms with Crippen LogP contribution in [0.15, 0.2) is 60.0 Å². The molecule has 3 rings (SSSR count). The van der Waals surface area contributed by atoms with Gasteiger partial charge in [-0.1, -0.05) is 35.5 Å². The van der Waals surface area contributed by atoms with Crippen LogP contribution in [0.1, 0.15) is 5.56 Å². The standard InChI is InChI=1S/C20H20ClN3O3S/c1-26-17-8-7-16(11-18(17)27-2)23-19(25)13-28-20-22-9-10-24(20)12-14-3-5-15(21)6-4-14/h3-11H,12-13H2,1-2H3,(H,23,25). The molecular formula is C20H20ClN3O3S. The Hall–Kier alpha value is -2.64. The van der Waals surface area contributed by atoms with Gasteiger partial charge in [-0.15, -0.1) is 0 Å². The Morgan fingerprint density at radius 1 is 1.14 bits per heavy atom. The lowest BCUT2D eigenvalue weighted by Crippen LogP contribution is -2.14. The second-order valence-corrected chi connectivity index (χ2v) is 7.25. The van der Waals surface area contributed by atoms with E-state index < -0.39 is 0 Å². The lowest BCUT2D eigenvalue weighted by atomic mass is 10.2. The van der Waals surface area contributed by atoms with Gasteiger partial charge in [0, 0.05) is 35.7 Å². The molecule has 1 amide bonds. The molecule has 0 aliphatic rings. The van der Waals surface area contributed by atoms with Crippen LogP contribution in [0.25, 0.3) is 0 Å². The first-order chi connectivity index (χ1) is 13.6. The summed E-state index contributed by atoms with van der Waals surface area (Å²) in [5.74, 6) is 1.29. The van der Waals surface area contributed by atoms with E-state index in [9.17, 15) is 4.79 Å². The first-order valence-electron chi connectivity index (χ1n) is 8.49. The molecule has 0 fully saturated rings. The predicted molar refractivity (Wildman–Crippen MR) is 112 cm³/mol. The van der Waals surface area contributed by atoms with Crippen molar-refractivity contribution >= 4 is 35.0 Å². The topological polar surface area (TPSA) is 65.4 Å². The molecule has 3 aromatic rings. The number of thioether (sulfide) groups is 1. The Balaban J connectivity index is 1.58. The van der Waals surface area contributed by atoms with Gasteiger partial charge in [0.25, 0.3) is 0 Å². The minimum Gasteiger partial charge on any atom is -0.493 e. The fraction of sp³-hybridized carbons (Fsp3) is 0.200. The fourth-order valence-corrected chi connectivity index (χ4v) is 3.47. The van der Waals surface area contributed by atoms with Gasteiger partial charge in [-0.3, -0.25) is 4.79 Å². The number of ether oxygens (including phenoxy) is 2. The molecule has 1 N–H and O–H groups in total. The molecular weight excluding hydrogens is 398 g/mol. The van der Waals surface area contributed by atoms with E-state index in [4.69, 9.17) is 21.1 Å². The van der Waals surface area contributed by atoms with E-state index in [0.29, 0.717) is 28.8 Å². The molecule has 146 valence electrons. The summed E-state index contributed by atoms with van der Waals surface area (Å²) in [6.45, 7) is 0.663. The van der Waals surface area contributed by atoms with Crippen molar-refractivity contribution in [3.8, 4) is 11.5 Å². The molecule has 0 spiro atoms. The van der Waals surface area contributed by atoms with Crippen LogP contribution in [-0.2, 0) is 11.3 Å². The zero-order valence-electron chi connectivity index (χ0n) is 15.5. The monoisotopic (exact) mass is 417 g/mol. The van der Waals surface area contributed by atoms with Crippen molar-refractivity contribution in [2.24, 2.45) is 0 Å². The third kappa shape index (κ3) is 5.21. The van der Waals surface area contributed by atoms with Crippen LogP contribution >= 0.6 is 23.4 Å². The Labute approximate surface area is 172 Å². The Bertz CT molecular complexity index is 944. The average Bonchev–Trinajstić information content (AvgIpc) is 3.15. The number of imidazole rings is 1. The van der Waals surface area contributed by atoms with Crippen molar-refractivity contribution < 1.29 is 14.3 Å². The first kappa shape index (κ1) is 20.1. The second kappa shape index (κ2) is 9.52. The minimum atomic E-state index is -0.127. The molecule has 1 heterocycles. The van der Waals surface area contributed by atoms with Crippen LogP contribution in [0, 0.1) is 0 Å². The summed E-state index contributed by atoms with van der Waals surface area (Å²) < 4.78 is 12.5. The van der Waals surface area contributed by atoms with Crippen LogP contribution in [0.2, 0.25) is 5.02 Å². The number of amides is 1. The normalized spacial score (nSPS) is 10.5. The van der Waals surface area contributed by atoms with Crippen LogP contribution in [0.5, 0.6) is 11.5 Å². The van der Waals surface area contributed by atoms with E-state index in [2.05, 4.69) is 10.3 Å². The van der Waals surface area contributed by atoms with E-state index >= 15 is 0 Å². The van der Waals surface area contributed by atoms with Crippen molar-refractivity contribution in [3.05, 3.63) is 65.4 Å². The molecule has 0 aliphatic heterocycles. The molecule has 28 heavy (non-hydrogen) atoms. The van der Waals surface area contributed by atoms with Gasteiger partial charge in [-0.05, 0) is 29.8 Å². The van der Waals surface area contributed by atoms with Crippen molar-refractivity contribution in [2.75, 3.05) is 25.3 Å². The number of benzene rings is 2. The van der Waals surface area contributed by atoms with Gasteiger partial charge in [0.15, 0.2) is 16.7 Å². The van der Waals surface area contributed by atoms with E-state index in [1.54, 1.807) is 38.6 Å². The van der Waals surface area contributed by atoms with Gasteiger partial charge in [-0.2, -0.15) is 0 Å². The van der Waals surface area contributed by atoms with Gasteiger partial charge < -0.3 is 19.4 Å². The summed E-state index contributed by atoms with van der Waals surface area (Å²) in [6, 6.07) is 12.9. The average molecular weight is 418 g/mol. The lowest BCUT2D eigenvalue weighted by Gasteiger charge is -2.11. The van der Waals surface area contributed by atoms with Gasteiger partial charge in [0.2, 0.25) is 5.91 Å². The van der Waals surface area contributed by atoms with Gasteiger partial charge in [-0.25, -0.2) is 4.98 Å². The number of nitrogens with zero attached hydrogens (tertiary/aromatic N) is 2. The van der Waals surface area contributed by atoms with Gasteiger partial charge in [0.1, 0.15) is 0 Å². The summed E-state index contributed by atoms with van der Waals surface area (Å²) in [4.78, 5) is 16.7. The number of hydrogen-bond donors (Lipinski definition) is 1. The number of halogens is 1. The van der Waals surface area contributed by atoms with Gasteiger partial charge in [0.05, 0.1) is 20.0 Å². The highest BCUT2D eigenvalue weighted by molar-refractivity contribution is 7.99. The zero-order valence-corrected chi connectivity index (χ0v) is 17.1. The van der Waals surface area contributed by atoms with E-state index in [0.717, 1.165) is 10.7 Å². The predicted octanol–water partition coefficient (Wildman–Crippen LogP) is 4.33. The van der Waals surface area contributed by atoms with Gasteiger partial charge >= 0.3 is 0 Å². The maximum absolute atomic E-state index is 12.3. The molecule has 0 aliphatic carbocycles. The van der Waals surface area contributed by atoms with E-state index in [1.807, 2.05) is 35.0 Å². The van der Waals surface area contributed by atoms with Crippen molar-refractivity contribution in [2.45, 2.75) is 11.7 Å². The summed E-state index contributed by atoms with van der Waals surface area (Å²) in [5.41, 5.74) is 1.76. The largest absolute Gasteiger partial charge is 0.493 e. The maximum atomic E-state index is 12.3. The van der Waals surface area contributed by atoms with Crippen molar-refractivity contribution in [1.82, 2.24) is 9.55 Å². The number of methoxy groups -OCH3 is 2. The molecule has 8 heteroatoms.